The standard InChI is InChI=1S/C14H14N4O3/c1-15-13-11(6-3-7-12(13)18(20)21)14(19)17(2)10-5-4-8-16-9-10/h3-9,15H,1-2H3. The number of nitrogens with one attached hydrogen (secondary N) is 1. The van der Waals surface area contributed by atoms with Gasteiger partial charge in [-0.25, -0.2) is 0 Å². The van der Waals surface area contributed by atoms with Crippen molar-refractivity contribution in [1.29, 1.82) is 0 Å². The normalized spacial score (nSPS) is 10.0. The smallest absolute Gasteiger partial charge is 0.293 e. The summed E-state index contributed by atoms with van der Waals surface area (Å²) in [4.78, 5) is 28.4. The average molecular weight is 286 g/mol. The van der Waals surface area contributed by atoms with Crippen LogP contribution in [0.5, 0.6) is 0 Å². The summed E-state index contributed by atoms with van der Waals surface area (Å²) < 4.78 is 0. The maximum absolute atomic E-state index is 12.5. The Morgan fingerprint density at radius 3 is 2.67 bits per heavy atom. The summed E-state index contributed by atoms with van der Waals surface area (Å²) in [6.07, 6.45) is 3.16. The second-order valence-corrected chi connectivity index (χ2v) is 4.28. The summed E-state index contributed by atoms with van der Waals surface area (Å²) in [5.74, 6) is -0.351. The van der Waals surface area contributed by atoms with Gasteiger partial charge >= 0.3 is 0 Å². The Balaban J connectivity index is 2.44. The fourth-order valence-electron chi connectivity index (χ4n) is 1.98. The number of nitrogens with zero attached hydrogens (tertiary/aromatic N) is 3. The van der Waals surface area contributed by atoms with Crippen LogP contribution in [0.25, 0.3) is 0 Å². The first-order valence-corrected chi connectivity index (χ1v) is 6.19. The predicted molar refractivity (Wildman–Crippen MR) is 79.6 cm³/mol. The lowest BCUT2D eigenvalue weighted by atomic mass is 10.1. The van der Waals surface area contributed by atoms with Crippen molar-refractivity contribution in [2.24, 2.45) is 0 Å². The zero-order valence-corrected chi connectivity index (χ0v) is 11.6. The predicted octanol–water partition coefficient (Wildman–Crippen LogP) is 2.31. The van der Waals surface area contributed by atoms with Crippen LogP contribution in [0.2, 0.25) is 0 Å². The van der Waals surface area contributed by atoms with Gasteiger partial charge in [0.05, 0.1) is 22.4 Å². The van der Waals surface area contributed by atoms with E-state index in [1.165, 1.54) is 17.0 Å². The van der Waals surface area contributed by atoms with Crippen LogP contribution in [-0.2, 0) is 0 Å². The highest BCUT2D eigenvalue weighted by molar-refractivity contribution is 6.10. The number of rotatable bonds is 4. The molecule has 2 rings (SSSR count). The molecular formula is C14H14N4O3. The van der Waals surface area contributed by atoms with Gasteiger partial charge in [0.2, 0.25) is 0 Å². The molecule has 0 atom stereocenters. The van der Waals surface area contributed by atoms with Crippen molar-refractivity contribution in [2.75, 3.05) is 24.3 Å². The molecule has 0 unspecified atom stereocenters. The number of pyridine rings is 1. The highest BCUT2D eigenvalue weighted by atomic mass is 16.6. The van der Waals surface area contributed by atoms with Crippen LogP contribution in [0.1, 0.15) is 10.4 Å². The van der Waals surface area contributed by atoms with Gasteiger partial charge < -0.3 is 10.2 Å². The van der Waals surface area contributed by atoms with E-state index in [9.17, 15) is 14.9 Å². The highest BCUT2D eigenvalue weighted by Gasteiger charge is 2.23. The summed E-state index contributed by atoms with van der Waals surface area (Å²) in [5.41, 5.74) is 0.903. The quantitative estimate of drug-likeness (QED) is 0.688. The number of aromatic nitrogens is 1. The molecule has 21 heavy (non-hydrogen) atoms. The van der Waals surface area contributed by atoms with Gasteiger partial charge in [-0.05, 0) is 18.2 Å². The summed E-state index contributed by atoms with van der Waals surface area (Å²) in [6.45, 7) is 0. The second-order valence-electron chi connectivity index (χ2n) is 4.28. The minimum atomic E-state index is -0.521. The maximum Gasteiger partial charge on any atom is 0.293 e. The van der Waals surface area contributed by atoms with Crippen molar-refractivity contribution in [3.05, 3.63) is 58.4 Å². The Morgan fingerprint density at radius 1 is 1.33 bits per heavy atom. The van der Waals surface area contributed by atoms with Crippen molar-refractivity contribution < 1.29 is 9.72 Å². The largest absolute Gasteiger partial charge is 0.382 e. The van der Waals surface area contributed by atoms with Crippen molar-refractivity contribution in [1.82, 2.24) is 4.98 Å². The van der Waals surface area contributed by atoms with E-state index < -0.39 is 4.92 Å². The van der Waals surface area contributed by atoms with Crippen LogP contribution in [0.15, 0.2) is 42.7 Å². The third-order valence-electron chi connectivity index (χ3n) is 3.06. The van der Waals surface area contributed by atoms with Crippen LogP contribution in [0, 0.1) is 10.1 Å². The molecule has 0 radical (unpaired) electrons. The molecule has 0 aliphatic carbocycles. The summed E-state index contributed by atoms with van der Waals surface area (Å²) in [6, 6.07) is 7.84. The third-order valence-corrected chi connectivity index (χ3v) is 3.06. The van der Waals surface area contributed by atoms with Crippen LogP contribution < -0.4 is 10.2 Å². The van der Waals surface area contributed by atoms with E-state index in [0.29, 0.717) is 5.69 Å². The molecule has 108 valence electrons. The number of anilines is 2. The second kappa shape index (κ2) is 6.00. The average Bonchev–Trinajstić information content (AvgIpc) is 2.53. The fourth-order valence-corrected chi connectivity index (χ4v) is 1.98. The zero-order chi connectivity index (χ0) is 15.4. The van der Waals surface area contributed by atoms with E-state index >= 15 is 0 Å². The molecular weight excluding hydrogens is 272 g/mol. The Bertz CT molecular complexity index is 673. The van der Waals surface area contributed by atoms with E-state index in [0.717, 1.165) is 0 Å². The van der Waals surface area contributed by atoms with Crippen molar-refractivity contribution in [3.63, 3.8) is 0 Å². The summed E-state index contributed by atoms with van der Waals surface area (Å²) >= 11 is 0. The molecule has 0 spiro atoms. The van der Waals surface area contributed by atoms with Crippen molar-refractivity contribution >= 4 is 23.0 Å². The molecule has 1 heterocycles. The Labute approximate surface area is 121 Å². The number of amides is 1. The molecule has 1 aromatic heterocycles. The Kier molecular flexibility index (Phi) is 4.13. The lowest BCUT2D eigenvalue weighted by Crippen LogP contribution is -2.27. The molecule has 0 fully saturated rings. The molecule has 0 bridgehead atoms. The van der Waals surface area contributed by atoms with Gasteiger partial charge in [-0.2, -0.15) is 0 Å². The maximum atomic E-state index is 12.5. The topological polar surface area (TPSA) is 88.4 Å². The lowest BCUT2D eigenvalue weighted by molar-refractivity contribution is -0.384. The van der Waals surface area contributed by atoms with Crippen LogP contribution in [0.3, 0.4) is 0 Å². The number of hydrogen-bond donors (Lipinski definition) is 1. The number of benzene rings is 1. The number of carbonyl (C=O) groups is 1. The van der Waals surface area contributed by atoms with Gasteiger partial charge in [-0.3, -0.25) is 19.9 Å². The molecule has 7 heteroatoms. The Hall–Kier alpha value is -2.96. The molecule has 0 saturated heterocycles. The SMILES string of the molecule is CNc1c(C(=O)N(C)c2cccnc2)cccc1[N+](=O)[O-]. The van der Waals surface area contributed by atoms with Crippen LogP contribution >= 0.6 is 0 Å². The molecule has 1 N–H and O–H groups in total. The van der Waals surface area contributed by atoms with Gasteiger partial charge in [0.15, 0.2) is 0 Å². The van der Waals surface area contributed by atoms with E-state index in [-0.39, 0.29) is 22.8 Å². The number of nitro groups is 1. The van der Waals surface area contributed by atoms with Gasteiger partial charge in [-0.15, -0.1) is 0 Å². The molecule has 0 saturated carbocycles. The molecule has 2 aromatic rings. The summed E-state index contributed by atoms with van der Waals surface area (Å²) in [7, 11) is 3.14. The minimum absolute atomic E-state index is 0.136. The first kappa shape index (κ1) is 14.4. The monoisotopic (exact) mass is 286 g/mol. The van der Waals surface area contributed by atoms with E-state index in [2.05, 4.69) is 10.3 Å². The summed E-state index contributed by atoms with van der Waals surface area (Å²) in [5, 5.41) is 13.8. The van der Waals surface area contributed by atoms with Crippen molar-refractivity contribution in [3.8, 4) is 0 Å². The van der Waals surface area contributed by atoms with Crippen molar-refractivity contribution in [2.45, 2.75) is 0 Å². The number of para-hydroxylation sites is 1. The molecule has 1 amide bonds. The molecule has 0 aliphatic heterocycles. The van der Waals surface area contributed by atoms with E-state index in [4.69, 9.17) is 0 Å². The number of nitro benzene ring substituents is 1. The fraction of sp³-hybridized carbons (Fsp3) is 0.143. The highest BCUT2D eigenvalue weighted by Crippen LogP contribution is 2.29. The third kappa shape index (κ3) is 2.81. The Morgan fingerprint density at radius 2 is 2.10 bits per heavy atom. The number of carbonyl (C=O) groups excluding carboxylic acids is 1. The zero-order valence-electron chi connectivity index (χ0n) is 11.6. The first-order valence-electron chi connectivity index (χ1n) is 6.19. The lowest BCUT2D eigenvalue weighted by Gasteiger charge is -2.18. The molecule has 7 nitrogen and oxygen atoms in total. The van der Waals surface area contributed by atoms with Gasteiger partial charge in [0, 0.05) is 26.4 Å². The van der Waals surface area contributed by atoms with Gasteiger partial charge in [-0.1, -0.05) is 6.07 Å². The minimum Gasteiger partial charge on any atom is -0.382 e. The molecule has 0 aliphatic rings. The van der Waals surface area contributed by atoms with E-state index in [1.807, 2.05) is 0 Å². The molecule has 1 aromatic carbocycles. The van der Waals surface area contributed by atoms with Crippen LogP contribution in [-0.4, -0.2) is 29.9 Å². The first-order chi connectivity index (χ1) is 10.1. The van der Waals surface area contributed by atoms with Crippen LogP contribution in [0.4, 0.5) is 17.1 Å². The van der Waals surface area contributed by atoms with Gasteiger partial charge in [0.1, 0.15) is 5.69 Å². The number of hydrogen-bond acceptors (Lipinski definition) is 5. The van der Waals surface area contributed by atoms with E-state index in [1.54, 1.807) is 44.7 Å². The van der Waals surface area contributed by atoms with Gasteiger partial charge in [0.25, 0.3) is 11.6 Å².